The van der Waals surface area contributed by atoms with Crippen molar-refractivity contribution >= 4 is 17.8 Å². The molecule has 1 heterocycles. The number of allylic oxidation sites excluding steroid dienone is 1. The van der Waals surface area contributed by atoms with Crippen LogP contribution in [-0.4, -0.2) is 19.1 Å². The van der Waals surface area contributed by atoms with Crippen LogP contribution in [0.2, 0.25) is 0 Å². The van der Waals surface area contributed by atoms with Gasteiger partial charge in [-0.05, 0) is 18.4 Å². The lowest BCUT2D eigenvalue weighted by Crippen LogP contribution is -2.37. The highest BCUT2D eigenvalue weighted by Crippen LogP contribution is 2.11. The highest BCUT2D eigenvalue weighted by Gasteiger charge is 2.12. The number of nitrogens with zero attached hydrogens (tertiary/aromatic N) is 1. The number of rotatable bonds is 5. The van der Waals surface area contributed by atoms with E-state index in [1.54, 1.807) is 6.21 Å². The second kappa shape index (κ2) is 6.42. The average molecular weight is 266 g/mol. The van der Waals surface area contributed by atoms with Crippen molar-refractivity contribution in [2.24, 2.45) is 10.7 Å². The summed E-state index contributed by atoms with van der Waals surface area (Å²) in [6.45, 7) is 0.601. The number of nitrogens with two attached hydrogens (primary N) is 1. The number of aryl methyl sites for hydroxylation is 1. The summed E-state index contributed by atoms with van der Waals surface area (Å²) in [6, 6.07) is 10.3. The Morgan fingerprint density at radius 3 is 2.83 bits per heavy atom. The highest BCUT2D eigenvalue weighted by atomic mass is 35.5. The molecule has 1 aromatic rings. The fourth-order valence-electron chi connectivity index (χ4n) is 1.65. The smallest absolute Gasteiger partial charge is 0.172 e. The lowest BCUT2D eigenvalue weighted by molar-refractivity contribution is 0.223. The van der Waals surface area contributed by atoms with Crippen LogP contribution >= 0.6 is 11.6 Å². The third-order valence-corrected chi connectivity index (χ3v) is 2.85. The molecule has 0 spiro atoms. The Morgan fingerprint density at radius 2 is 2.11 bits per heavy atom. The number of benzene rings is 1. The number of aliphatic imine (C=N–C) groups is 1. The molecule has 1 atom stereocenters. The van der Waals surface area contributed by atoms with Gasteiger partial charge in [-0.25, -0.2) is 4.99 Å². The molecule has 0 aromatic heterocycles. The predicted octanol–water partition coefficient (Wildman–Crippen LogP) is 1.96. The Balaban J connectivity index is 1.73. The van der Waals surface area contributed by atoms with Crippen LogP contribution in [0.25, 0.3) is 0 Å². The van der Waals surface area contributed by atoms with Gasteiger partial charge in [-0.2, -0.15) is 0 Å². The van der Waals surface area contributed by atoms with E-state index in [0.29, 0.717) is 17.5 Å². The molecule has 1 aliphatic heterocycles. The van der Waals surface area contributed by atoms with Gasteiger partial charge < -0.3 is 10.1 Å². The van der Waals surface area contributed by atoms with Gasteiger partial charge in [0.2, 0.25) is 0 Å². The molecule has 3 N–H and O–H groups in total. The first-order chi connectivity index (χ1) is 8.75. The van der Waals surface area contributed by atoms with Crippen molar-refractivity contribution in [2.45, 2.75) is 19.1 Å². The standard InChI is InChI=1S/C13H16ClN3O/c14-12-11(9-16-13(15)17-12)18-8-4-7-10-5-2-1-3-6-10/h1-3,5-6,9,13,17H,4,7-8,15H2. The van der Waals surface area contributed by atoms with Crippen molar-refractivity contribution in [3.05, 3.63) is 46.8 Å². The van der Waals surface area contributed by atoms with Crippen LogP contribution < -0.4 is 11.1 Å². The second-order valence-electron chi connectivity index (χ2n) is 3.98. The maximum Gasteiger partial charge on any atom is 0.172 e. The number of halogens is 1. The zero-order chi connectivity index (χ0) is 12.8. The van der Waals surface area contributed by atoms with Gasteiger partial charge in [0.15, 0.2) is 12.0 Å². The van der Waals surface area contributed by atoms with Gasteiger partial charge in [0, 0.05) is 0 Å². The first-order valence-electron chi connectivity index (χ1n) is 5.87. The minimum absolute atomic E-state index is 0.414. The van der Waals surface area contributed by atoms with E-state index in [9.17, 15) is 0 Å². The highest BCUT2D eigenvalue weighted by molar-refractivity contribution is 6.30. The summed E-state index contributed by atoms with van der Waals surface area (Å²) in [5.41, 5.74) is 6.84. The summed E-state index contributed by atoms with van der Waals surface area (Å²) >= 11 is 5.95. The van der Waals surface area contributed by atoms with E-state index in [0.717, 1.165) is 12.8 Å². The van der Waals surface area contributed by atoms with Crippen molar-refractivity contribution < 1.29 is 4.74 Å². The Hall–Kier alpha value is -1.52. The van der Waals surface area contributed by atoms with E-state index in [4.69, 9.17) is 22.1 Å². The van der Waals surface area contributed by atoms with Gasteiger partial charge in [-0.3, -0.25) is 5.73 Å². The minimum Gasteiger partial charge on any atom is -0.489 e. The number of nitrogens with one attached hydrogen (secondary N) is 1. The largest absolute Gasteiger partial charge is 0.489 e. The monoisotopic (exact) mass is 265 g/mol. The molecule has 0 fully saturated rings. The summed E-state index contributed by atoms with van der Waals surface area (Å²) < 4.78 is 5.55. The summed E-state index contributed by atoms with van der Waals surface area (Å²) in [7, 11) is 0. The molecule has 5 heteroatoms. The van der Waals surface area contributed by atoms with Crippen molar-refractivity contribution in [1.29, 1.82) is 0 Å². The van der Waals surface area contributed by atoms with E-state index in [-0.39, 0.29) is 0 Å². The lowest BCUT2D eigenvalue weighted by Gasteiger charge is -2.17. The van der Waals surface area contributed by atoms with Gasteiger partial charge in [0.05, 0.1) is 12.8 Å². The lowest BCUT2D eigenvalue weighted by atomic mass is 10.1. The summed E-state index contributed by atoms with van der Waals surface area (Å²) in [6.07, 6.45) is 2.99. The van der Waals surface area contributed by atoms with Crippen LogP contribution in [0.4, 0.5) is 0 Å². The second-order valence-corrected chi connectivity index (χ2v) is 4.36. The van der Waals surface area contributed by atoms with Crippen molar-refractivity contribution in [1.82, 2.24) is 5.32 Å². The van der Waals surface area contributed by atoms with Crippen LogP contribution in [0.15, 0.2) is 46.2 Å². The topological polar surface area (TPSA) is 59.6 Å². The van der Waals surface area contributed by atoms with E-state index in [1.807, 2.05) is 18.2 Å². The Kier molecular flexibility index (Phi) is 4.61. The molecule has 0 saturated heterocycles. The molecule has 96 valence electrons. The van der Waals surface area contributed by atoms with Gasteiger partial charge in [0.25, 0.3) is 0 Å². The minimum atomic E-state index is -0.478. The van der Waals surface area contributed by atoms with E-state index < -0.39 is 6.29 Å². The molecule has 0 bridgehead atoms. The molecule has 0 aliphatic carbocycles. The summed E-state index contributed by atoms with van der Waals surface area (Å²) in [5, 5.41) is 3.20. The molecule has 0 amide bonds. The SMILES string of the molecule is NC1N=CC(OCCCc2ccccc2)=C(Cl)N1. The maximum atomic E-state index is 5.95. The maximum absolute atomic E-state index is 5.95. The molecular weight excluding hydrogens is 250 g/mol. The van der Waals surface area contributed by atoms with Gasteiger partial charge >= 0.3 is 0 Å². The normalized spacial score (nSPS) is 18.7. The molecule has 1 aromatic carbocycles. The summed E-state index contributed by atoms with van der Waals surface area (Å²) in [5.74, 6) is 0.548. The first-order valence-corrected chi connectivity index (χ1v) is 6.25. The van der Waals surface area contributed by atoms with Gasteiger partial charge in [-0.1, -0.05) is 41.9 Å². The first kappa shape index (κ1) is 12.9. The molecule has 4 nitrogen and oxygen atoms in total. The molecular formula is C13H16ClN3O. The Labute approximate surface area is 111 Å². The third kappa shape index (κ3) is 3.75. The fraction of sp³-hybridized carbons (Fsp3) is 0.308. The number of ether oxygens (including phenoxy) is 1. The van der Waals surface area contributed by atoms with Crippen molar-refractivity contribution in [3.8, 4) is 0 Å². The predicted molar refractivity (Wildman–Crippen MR) is 73.2 cm³/mol. The van der Waals surface area contributed by atoms with Crippen molar-refractivity contribution in [3.63, 3.8) is 0 Å². The summed E-state index contributed by atoms with van der Waals surface area (Å²) in [4.78, 5) is 3.97. The Bertz CT molecular complexity index is 445. The van der Waals surface area contributed by atoms with Crippen LogP contribution in [0, 0.1) is 0 Å². The molecule has 18 heavy (non-hydrogen) atoms. The molecule has 0 radical (unpaired) electrons. The van der Waals surface area contributed by atoms with Crippen LogP contribution in [-0.2, 0) is 11.2 Å². The Morgan fingerprint density at radius 1 is 1.33 bits per heavy atom. The quantitative estimate of drug-likeness (QED) is 0.632. The zero-order valence-corrected chi connectivity index (χ0v) is 10.7. The van der Waals surface area contributed by atoms with Crippen molar-refractivity contribution in [2.75, 3.05) is 6.61 Å². The van der Waals surface area contributed by atoms with Crippen LogP contribution in [0.5, 0.6) is 0 Å². The van der Waals surface area contributed by atoms with Crippen LogP contribution in [0.3, 0.4) is 0 Å². The van der Waals surface area contributed by atoms with Crippen LogP contribution in [0.1, 0.15) is 12.0 Å². The van der Waals surface area contributed by atoms with E-state index in [1.165, 1.54) is 5.56 Å². The molecule has 2 rings (SSSR count). The molecule has 0 saturated carbocycles. The zero-order valence-electron chi connectivity index (χ0n) is 9.97. The van der Waals surface area contributed by atoms with E-state index in [2.05, 4.69) is 22.4 Å². The molecule has 1 aliphatic rings. The molecule has 1 unspecified atom stereocenters. The van der Waals surface area contributed by atoms with Gasteiger partial charge in [-0.15, -0.1) is 0 Å². The van der Waals surface area contributed by atoms with E-state index >= 15 is 0 Å². The number of hydrogen-bond acceptors (Lipinski definition) is 4. The third-order valence-electron chi connectivity index (χ3n) is 2.55. The van der Waals surface area contributed by atoms with Gasteiger partial charge in [0.1, 0.15) is 5.16 Å². The fourth-order valence-corrected chi connectivity index (χ4v) is 1.86. The number of hydrogen-bond donors (Lipinski definition) is 2. The average Bonchev–Trinajstić information content (AvgIpc) is 2.38.